The highest BCUT2D eigenvalue weighted by Gasteiger charge is 2.25. The Morgan fingerprint density at radius 2 is 2.21 bits per heavy atom. The normalized spacial score (nSPS) is 33.8. The summed E-state index contributed by atoms with van der Waals surface area (Å²) < 4.78 is 0. The highest BCUT2D eigenvalue weighted by Crippen LogP contribution is 2.24. The molecule has 0 spiro atoms. The van der Waals surface area contributed by atoms with E-state index in [-0.39, 0.29) is 0 Å². The summed E-state index contributed by atoms with van der Waals surface area (Å²) in [6.07, 6.45) is 10.9. The molecular weight excluding hydrogens is 174 g/mol. The third-order valence-electron chi connectivity index (χ3n) is 3.58. The topological polar surface area (TPSA) is 23.5 Å². The average molecular weight is 195 g/mol. The van der Waals surface area contributed by atoms with E-state index in [0.717, 1.165) is 5.92 Å². The van der Waals surface area contributed by atoms with E-state index in [0.29, 0.717) is 12.6 Å². The summed E-state index contributed by atoms with van der Waals surface area (Å²) in [5.41, 5.74) is 0. The lowest BCUT2D eigenvalue weighted by Gasteiger charge is -2.28. The van der Waals surface area contributed by atoms with Crippen LogP contribution in [0.4, 0.5) is 0 Å². The number of allylic oxidation sites excluding steroid dienone is 2. The SMILES string of the molecule is OCC1CCCN1CC1CC=CCC1. The molecule has 1 aliphatic carbocycles. The molecule has 2 heteroatoms. The molecule has 1 fully saturated rings. The van der Waals surface area contributed by atoms with Crippen LogP contribution in [-0.2, 0) is 0 Å². The van der Waals surface area contributed by atoms with Gasteiger partial charge in [-0.15, -0.1) is 0 Å². The molecule has 2 atom stereocenters. The Balaban J connectivity index is 1.81. The van der Waals surface area contributed by atoms with Gasteiger partial charge in [0.25, 0.3) is 0 Å². The van der Waals surface area contributed by atoms with Gasteiger partial charge in [0.2, 0.25) is 0 Å². The molecule has 0 amide bonds. The van der Waals surface area contributed by atoms with Crippen LogP contribution in [-0.4, -0.2) is 35.7 Å². The van der Waals surface area contributed by atoms with Gasteiger partial charge in [-0.05, 0) is 44.6 Å². The lowest BCUT2D eigenvalue weighted by Crippen LogP contribution is -2.36. The zero-order chi connectivity index (χ0) is 9.80. The van der Waals surface area contributed by atoms with E-state index in [2.05, 4.69) is 17.1 Å². The molecule has 2 aliphatic rings. The molecule has 1 heterocycles. The highest BCUT2D eigenvalue weighted by molar-refractivity contribution is 4.92. The number of rotatable bonds is 3. The van der Waals surface area contributed by atoms with Crippen molar-refractivity contribution in [3.05, 3.63) is 12.2 Å². The Kier molecular flexibility index (Phi) is 3.60. The second kappa shape index (κ2) is 4.94. The molecule has 0 radical (unpaired) electrons. The highest BCUT2D eigenvalue weighted by atomic mass is 16.3. The predicted molar refractivity (Wildman–Crippen MR) is 58.2 cm³/mol. The van der Waals surface area contributed by atoms with Gasteiger partial charge < -0.3 is 5.11 Å². The molecule has 0 saturated carbocycles. The van der Waals surface area contributed by atoms with Gasteiger partial charge in [-0.25, -0.2) is 0 Å². The Labute approximate surface area is 86.6 Å². The minimum atomic E-state index is 0.350. The van der Waals surface area contributed by atoms with Crippen LogP contribution in [0.2, 0.25) is 0 Å². The monoisotopic (exact) mass is 195 g/mol. The molecule has 1 saturated heterocycles. The van der Waals surface area contributed by atoms with Crippen molar-refractivity contribution < 1.29 is 5.11 Å². The van der Waals surface area contributed by atoms with Crippen LogP contribution in [0.15, 0.2) is 12.2 Å². The van der Waals surface area contributed by atoms with Gasteiger partial charge in [-0.2, -0.15) is 0 Å². The average Bonchev–Trinajstić information content (AvgIpc) is 2.67. The molecule has 14 heavy (non-hydrogen) atoms. The largest absolute Gasteiger partial charge is 0.395 e. The molecule has 0 aromatic carbocycles. The molecule has 80 valence electrons. The fourth-order valence-corrected chi connectivity index (χ4v) is 2.70. The summed E-state index contributed by atoms with van der Waals surface area (Å²) in [4.78, 5) is 2.49. The Morgan fingerprint density at radius 1 is 1.29 bits per heavy atom. The van der Waals surface area contributed by atoms with Crippen LogP contribution < -0.4 is 0 Å². The molecule has 2 rings (SSSR count). The minimum Gasteiger partial charge on any atom is -0.395 e. The zero-order valence-corrected chi connectivity index (χ0v) is 8.86. The molecule has 2 unspecified atom stereocenters. The summed E-state index contributed by atoms with van der Waals surface area (Å²) in [7, 11) is 0. The van der Waals surface area contributed by atoms with Crippen LogP contribution in [0.1, 0.15) is 32.1 Å². The van der Waals surface area contributed by atoms with Gasteiger partial charge >= 0.3 is 0 Å². The maximum Gasteiger partial charge on any atom is 0.0586 e. The van der Waals surface area contributed by atoms with E-state index in [1.165, 1.54) is 45.2 Å². The standard InChI is InChI=1S/C12H21NO/c14-10-12-7-4-8-13(12)9-11-5-2-1-3-6-11/h1-2,11-12,14H,3-10H2. The molecule has 0 aromatic heterocycles. The smallest absolute Gasteiger partial charge is 0.0586 e. The van der Waals surface area contributed by atoms with E-state index in [9.17, 15) is 5.11 Å². The van der Waals surface area contributed by atoms with E-state index in [1.807, 2.05) is 0 Å². The van der Waals surface area contributed by atoms with Gasteiger partial charge in [0.1, 0.15) is 0 Å². The van der Waals surface area contributed by atoms with Crippen molar-refractivity contribution in [2.75, 3.05) is 19.7 Å². The van der Waals surface area contributed by atoms with Gasteiger partial charge in [0.05, 0.1) is 6.61 Å². The maximum atomic E-state index is 9.21. The van der Waals surface area contributed by atoms with Gasteiger partial charge in [0.15, 0.2) is 0 Å². The molecular formula is C12H21NO. The number of nitrogens with zero attached hydrogens (tertiary/aromatic N) is 1. The minimum absolute atomic E-state index is 0.350. The van der Waals surface area contributed by atoms with Crippen molar-refractivity contribution in [1.29, 1.82) is 0 Å². The van der Waals surface area contributed by atoms with Gasteiger partial charge in [-0.3, -0.25) is 4.90 Å². The number of aliphatic hydroxyl groups is 1. The second-order valence-electron chi connectivity index (χ2n) is 4.62. The Morgan fingerprint density at radius 3 is 2.93 bits per heavy atom. The van der Waals surface area contributed by atoms with Crippen LogP contribution in [0.5, 0.6) is 0 Å². The number of aliphatic hydroxyl groups excluding tert-OH is 1. The van der Waals surface area contributed by atoms with E-state index < -0.39 is 0 Å². The molecule has 0 aromatic rings. The number of hydrogen-bond acceptors (Lipinski definition) is 2. The van der Waals surface area contributed by atoms with Crippen LogP contribution in [0.3, 0.4) is 0 Å². The molecule has 0 bridgehead atoms. The van der Waals surface area contributed by atoms with Crippen molar-refractivity contribution in [3.63, 3.8) is 0 Å². The quantitative estimate of drug-likeness (QED) is 0.694. The van der Waals surface area contributed by atoms with Crippen molar-refractivity contribution in [1.82, 2.24) is 4.90 Å². The lowest BCUT2D eigenvalue weighted by atomic mass is 9.94. The molecule has 1 aliphatic heterocycles. The summed E-state index contributed by atoms with van der Waals surface area (Å²) >= 11 is 0. The van der Waals surface area contributed by atoms with E-state index in [4.69, 9.17) is 0 Å². The lowest BCUT2D eigenvalue weighted by molar-refractivity contribution is 0.139. The number of likely N-dealkylation sites (tertiary alicyclic amines) is 1. The number of hydrogen-bond donors (Lipinski definition) is 1. The summed E-state index contributed by atoms with van der Waals surface area (Å²) in [6, 6.07) is 0.459. The Bertz CT molecular complexity index is 202. The van der Waals surface area contributed by atoms with Crippen molar-refractivity contribution in [2.45, 2.75) is 38.1 Å². The summed E-state index contributed by atoms with van der Waals surface area (Å²) in [5.74, 6) is 0.840. The Hall–Kier alpha value is -0.340. The first-order chi connectivity index (χ1) is 6.90. The zero-order valence-electron chi connectivity index (χ0n) is 8.86. The first kappa shape index (κ1) is 10.2. The molecule has 1 N–H and O–H groups in total. The van der Waals surface area contributed by atoms with E-state index >= 15 is 0 Å². The third-order valence-corrected chi connectivity index (χ3v) is 3.58. The van der Waals surface area contributed by atoms with Crippen molar-refractivity contribution >= 4 is 0 Å². The fourth-order valence-electron chi connectivity index (χ4n) is 2.70. The van der Waals surface area contributed by atoms with Crippen LogP contribution in [0.25, 0.3) is 0 Å². The molecule has 2 nitrogen and oxygen atoms in total. The van der Waals surface area contributed by atoms with Crippen LogP contribution in [0, 0.1) is 5.92 Å². The summed E-state index contributed by atoms with van der Waals surface area (Å²) in [5, 5.41) is 9.21. The first-order valence-electron chi connectivity index (χ1n) is 5.90. The third kappa shape index (κ3) is 2.37. The fraction of sp³-hybridized carbons (Fsp3) is 0.833. The van der Waals surface area contributed by atoms with Gasteiger partial charge in [0, 0.05) is 12.6 Å². The van der Waals surface area contributed by atoms with Gasteiger partial charge in [-0.1, -0.05) is 12.2 Å². The van der Waals surface area contributed by atoms with Crippen molar-refractivity contribution in [3.8, 4) is 0 Å². The summed E-state index contributed by atoms with van der Waals surface area (Å²) in [6.45, 7) is 2.75. The van der Waals surface area contributed by atoms with E-state index in [1.54, 1.807) is 0 Å². The first-order valence-corrected chi connectivity index (χ1v) is 5.90. The predicted octanol–water partition coefficient (Wildman–Crippen LogP) is 1.80. The maximum absolute atomic E-state index is 9.21. The van der Waals surface area contributed by atoms with Crippen molar-refractivity contribution in [2.24, 2.45) is 5.92 Å². The second-order valence-corrected chi connectivity index (χ2v) is 4.62. The van der Waals surface area contributed by atoms with Crippen LogP contribution >= 0.6 is 0 Å².